The second-order valence-electron chi connectivity index (χ2n) is 7.41. The van der Waals surface area contributed by atoms with Gasteiger partial charge in [-0.2, -0.15) is 5.10 Å². The molecule has 1 aromatic carbocycles. The molecular formula is C19H26N4O. The van der Waals surface area contributed by atoms with Gasteiger partial charge in [-0.1, -0.05) is 29.8 Å². The predicted octanol–water partition coefficient (Wildman–Crippen LogP) is 2.60. The Hall–Kier alpha value is -1.88. The molecule has 0 bridgehead atoms. The maximum Gasteiger partial charge on any atom is 0.345 e. The molecule has 5 nitrogen and oxygen atoms in total. The number of rotatable bonds is 4. The van der Waals surface area contributed by atoms with E-state index in [0.717, 1.165) is 51.1 Å². The van der Waals surface area contributed by atoms with Crippen LogP contribution in [0.5, 0.6) is 0 Å². The van der Waals surface area contributed by atoms with Gasteiger partial charge in [-0.15, -0.1) is 0 Å². The van der Waals surface area contributed by atoms with E-state index < -0.39 is 0 Å². The van der Waals surface area contributed by atoms with Gasteiger partial charge in [-0.25, -0.2) is 9.48 Å². The number of aromatic nitrogens is 3. The molecule has 1 aliphatic heterocycles. The molecule has 128 valence electrons. The van der Waals surface area contributed by atoms with Gasteiger partial charge >= 0.3 is 5.69 Å². The fourth-order valence-electron chi connectivity index (χ4n) is 3.87. The first-order valence-corrected chi connectivity index (χ1v) is 9.05. The Balaban J connectivity index is 1.43. The van der Waals surface area contributed by atoms with E-state index in [1.807, 2.05) is 4.57 Å². The summed E-state index contributed by atoms with van der Waals surface area (Å²) in [7, 11) is 1.78. The van der Waals surface area contributed by atoms with E-state index >= 15 is 0 Å². The van der Waals surface area contributed by atoms with Crippen LogP contribution in [0.3, 0.4) is 0 Å². The van der Waals surface area contributed by atoms with Crippen LogP contribution in [0.2, 0.25) is 0 Å². The molecule has 0 spiro atoms. The predicted molar refractivity (Wildman–Crippen MR) is 94.2 cm³/mol. The molecule has 0 N–H and O–H groups in total. The largest absolute Gasteiger partial charge is 0.345 e. The number of hydrogen-bond acceptors (Lipinski definition) is 3. The zero-order valence-corrected chi connectivity index (χ0v) is 14.6. The molecule has 1 saturated carbocycles. The molecule has 0 amide bonds. The highest BCUT2D eigenvalue weighted by molar-refractivity contribution is 5.22. The second-order valence-corrected chi connectivity index (χ2v) is 7.41. The minimum atomic E-state index is 0.0645. The summed E-state index contributed by atoms with van der Waals surface area (Å²) in [6, 6.07) is 9.18. The molecule has 0 radical (unpaired) electrons. The number of nitrogens with zero attached hydrogens (tertiary/aromatic N) is 4. The summed E-state index contributed by atoms with van der Waals surface area (Å²) in [6.07, 6.45) is 4.44. The summed E-state index contributed by atoms with van der Waals surface area (Å²) in [5, 5.41) is 4.56. The molecule has 24 heavy (non-hydrogen) atoms. The third-order valence-corrected chi connectivity index (χ3v) is 5.34. The van der Waals surface area contributed by atoms with Crippen LogP contribution in [0.15, 0.2) is 29.1 Å². The van der Waals surface area contributed by atoms with Crippen LogP contribution >= 0.6 is 0 Å². The Kier molecular flexibility index (Phi) is 4.04. The summed E-state index contributed by atoms with van der Waals surface area (Å²) in [5.41, 5.74) is 2.78. The van der Waals surface area contributed by atoms with Crippen molar-refractivity contribution in [2.45, 2.75) is 51.1 Å². The first kappa shape index (κ1) is 15.6. The molecule has 1 saturated heterocycles. The molecule has 4 rings (SSSR count). The molecule has 0 unspecified atom stereocenters. The van der Waals surface area contributed by atoms with E-state index in [-0.39, 0.29) is 5.69 Å². The zero-order chi connectivity index (χ0) is 16.7. The number of likely N-dealkylation sites (tertiary alicyclic amines) is 1. The lowest BCUT2D eigenvalue weighted by molar-refractivity contribution is 0.199. The van der Waals surface area contributed by atoms with Gasteiger partial charge in [0.2, 0.25) is 0 Å². The first-order chi connectivity index (χ1) is 11.6. The number of benzene rings is 1. The maximum absolute atomic E-state index is 12.3. The van der Waals surface area contributed by atoms with Gasteiger partial charge in [0.25, 0.3) is 0 Å². The molecular weight excluding hydrogens is 300 g/mol. The van der Waals surface area contributed by atoms with Crippen molar-refractivity contribution < 1.29 is 0 Å². The SMILES string of the molecule is Cc1cccc(CN2CCC(c3nn(C)c(=O)n3C3CC3)CC2)c1. The minimum Gasteiger partial charge on any atom is -0.299 e. The summed E-state index contributed by atoms with van der Waals surface area (Å²) in [6.45, 7) is 5.32. The molecule has 5 heteroatoms. The normalized spacial score (nSPS) is 19.8. The van der Waals surface area contributed by atoms with Crippen molar-refractivity contribution in [3.8, 4) is 0 Å². The average Bonchev–Trinajstić information content (AvgIpc) is 3.35. The van der Waals surface area contributed by atoms with Gasteiger partial charge in [0, 0.05) is 25.6 Å². The van der Waals surface area contributed by atoms with Crippen molar-refractivity contribution in [2.75, 3.05) is 13.1 Å². The smallest absolute Gasteiger partial charge is 0.299 e. The molecule has 2 heterocycles. The zero-order valence-electron chi connectivity index (χ0n) is 14.6. The van der Waals surface area contributed by atoms with Gasteiger partial charge in [0.1, 0.15) is 5.82 Å². The highest BCUT2D eigenvalue weighted by atomic mass is 16.2. The maximum atomic E-state index is 12.3. The third-order valence-electron chi connectivity index (χ3n) is 5.34. The van der Waals surface area contributed by atoms with Crippen molar-refractivity contribution in [1.29, 1.82) is 0 Å². The van der Waals surface area contributed by atoms with Crippen molar-refractivity contribution >= 4 is 0 Å². The van der Waals surface area contributed by atoms with Crippen molar-refractivity contribution in [3.63, 3.8) is 0 Å². The summed E-state index contributed by atoms with van der Waals surface area (Å²) < 4.78 is 3.49. The lowest BCUT2D eigenvalue weighted by atomic mass is 9.95. The molecule has 1 aromatic heterocycles. The van der Waals surface area contributed by atoms with E-state index in [0.29, 0.717) is 12.0 Å². The van der Waals surface area contributed by atoms with Crippen LogP contribution in [0.25, 0.3) is 0 Å². The summed E-state index contributed by atoms with van der Waals surface area (Å²) in [5.74, 6) is 1.45. The van der Waals surface area contributed by atoms with Crippen LogP contribution < -0.4 is 5.69 Å². The van der Waals surface area contributed by atoms with E-state index in [4.69, 9.17) is 0 Å². The van der Waals surface area contributed by atoms with Crippen molar-refractivity contribution in [1.82, 2.24) is 19.2 Å². The van der Waals surface area contributed by atoms with Gasteiger partial charge in [-0.3, -0.25) is 9.47 Å². The van der Waals surface area contributed by atoms with E-state index in [1.54, 1.807) is 7.05 Å². The number of hydrogen-bond donors (Lipinski definition) is 0. The summed E-state index contributed by atoms with van der Waals surface area (Å²) >= 11 is 0. The fraction of sp³-hybridized carbons (Fsp3) is 0.579. The molecule has 2 aromatic rings. The van der Waals surface area contributed by atoms with Crippen LogP contribution in [0, 0.1) is 6.92 Å². The van der Waals surface area contributed by atoms with E-state index in [2.05, 4.69) is 41.2 Å². The van der Waals surface area contributed by atoms with Crippen LogP contribution in [-0.4, -0.2) is 32.3 Å². The van der Waals surface area contributed by atoms with E-state index in [9.17, 15) is 4.79 Å². The van der Waals surface area contributed by atoms with E-state index in [1.165, 1.54) is 15.8 Å². The van der Waals surface area contributed by atoms with Crippen LogP contribution in [-0.2, 0) is 13.6 Å². The Bertz CT molecular complexity index is 779. The number of aryl methyl sites for hydroxylation is 2. The molecule has 2 aliphatic rings. The quantitative estimate of drug-likeness (QED) is 0.867. The third kappa shape index (κ3) is 3.05. The monoisotopic (exact) mass is 326 g/mol. The lowest BCUT2D eigenvalue weighted by Crippen LogP contribution is -2.33. The van der Waals surface area contributed by atoms with Gasteiger partial charge in [-0.05, 0) is 51.3 Å². The van der Waals surface area contributed by atoms with Gasteiger partial charge < -0.3 is 0 Å². The molecule has 2 fully saturated rings. The first-order valence-electron chi connectivity index (χ1n) is 9.05. The Labute approximate surface area is 142 Å². The van der Waals surface area contributed by atoms with Gasteiger partial charge in [0.15, 0.2) is 0 Å². The summed E-state index contributed by atoms with van der Waals surface area (Å²) in [4.78, 5) is 14.8. The molecule has 1 aliphatic carbocycles. The second kappa shape index (κ2) is 6.20. The average molecular weight is 326 g/mol. The minimum absolute atomic E-state index is 0.0645. The highest BCUT2D eigenvalue weighted by Crippen LogP contribution is 2.37. The number of piperidine rings is 1. The fourth-order valence-corrected chi connectivity index (χ4v) is 3.87. The Morgan fingerprint density at radius 2 is 1.92 bits per heavy atom. The Morgan fingerprint density at radius 3 is 2.58 bits per heavy atom. The van der Waals surface area contributed by atoms with Gasteiger partial charge in [0.05, 0.1) is 0 Å². The topological polar surface area (TPSA) is 43.1 Å². The Morgan fingerprint density at radius 1 is 1.17 bits per heavy atom. The van der Waals surface area contributed by atoms with Crippen LogP contribution in [0.1, 0.15) is 54.6 Å². The molecule has 0 atom stereocenters. The lowest BCUT2D eigenvalue weighted by Gasteiger charge is -2.31. The van der Waals surface area contributed by atoms with Crippen molar-refractivity contribution in [3.05, 3.63) is 51.7 Å². The highest BCUT2D eigenvalue weighted by Gasteiger charge is 2.33. The van der Waals surface area contributed by atoms with Crippen molar-refractivity contribution in [2.24, 2.45) is 7.05 Å². The van der Waals surface area contributed by atoms with Crippen LogP contribution in [0.4, 0.5) is 0 Å². The standard InChI is InChI=1S/C19H26N4O/c1-14-4-3-5-15(12-14)13-22-10-8-16(9-11-22)18-20-21(2)19(24)23(18)17-6-7-17/h3-5,12,16-17H,6-11,13H2,1-2H3.